The zero-order valence-corrected chi connectivity index (χ0v) is 12.1. The molecule has 1 atom stereocenters. The number of nitrogens with one attached hydrogen (secondary N) is 1. The van der Waals surface area contributed by atoms with Gasteiger partial charge in [-0.2, -0.15) is 0 Å². The molecule has 2 amide bonds. The van der Waals surface area contributed by atoms with Gasteiger partial charge in [0.05, 0.1) is 0 Å². The lowest BCUT2D eigenvalue weighted by Crippen LogP contribution is -2.63. The van der Waals surface area contributed by atoms with Gasteiger partial charge in [0.25, 0.3) is 0 Å². The van der Waals surface area contributed by atoms with Crippen LogP contribution in [0.5, 0.6) is 0 Å². The molecule has 0 spiro atoms. The molecule has 0 aliphatic carbocycles. The number of nitrogens with two attached hydrogens (primary N) is 1. The second-order valence-corrected chi connectivity index (χ2v) is 6.14. The molecule has 0 unspecified atom stereocenters. The number of carbonyl (C=O) groups excluding carboxylic acids is 1. The first-order chi connectivity index (χ1) is 8.06. The van der Waals surface area contributed by atoms with Gasteiger partial charge < -0.3 is 24.3 Å². The Morgan fingerprint density at radius 2 is 1.53 bits per heavy atom. The van der Waals surface area contributed by atoms with E-state index in [0.29, 0.717) is 26.2 Å². The largest absolute Gasteiger partial charge is 0.524 e. The maximum absolute atomic E-state index is 11.0. The van der Waals surface area contributed by atoms with Crippen molar-refractivity contribution in [1.82, 2.24) is 5.32 Å². The van der Waals surface area contributed by atoms with Gasteiger partial charge in [-0.3, -0.25) is 0 Å². The lowest BCUT2D eigenvalue weighted by atomic mass is 10.5. The molecule has 3 N–H and O–H groups in total. The summed E-state index contributed by atoms with van der Waals surface area (Å²) in [5, 5.41) is 2.65. The molecule has 17 heavy (non-hydrogen) atoms. The number of urea groups is 1. The third-order valence-electron chi connectivity index (χ3n) is 2.19. The summed E-state index contributed by atoms with van der Waals surface area (Å²) >= 11 is 0. The third-order valence-corrected chi connectivity index (χ3v) is 5.67. The lowest BCUT2D eigenvalue weighted by Gasteiger charge is -2.34. The summed E-state index contributed by atoms with van der Waals surface area (Å²) in [5.74, 6) is 0. The maximum atomic E-state index is 11.0. The van der Waals surface area contributed by atoms with Crippen LogP contribution in [0, 0.1) is 0 Å². The average Bonchev–Trinajstić information content (AvgIpc) is 2.26. The predicted molar refractivity (Wildman–Crippen MR) is 67.4 cm³/mol. The summed E-state index contributed by atoms with van der Waals surface area (Å²) in [6, 6.07) is -0.590. The molecule has 0 saturated carbocycles. The number of hydrogen-bond donors (Lipinski definition) is 2. The summed E-state index contributed by atoms with van der Waals surface area (Å²) in [5.41, 5.74) is 4.85. The zero-order chi connectivity index (χ0) is 13.3. The Hall–Kier alpha value is -0.633. The van der Waals surface area contributed by atoms with Crippen molar-refractivity contribution in [2.75, 3.05) is 19.8 Å². The van der Waals surface area contributed by atoms with E-state index >= 15 is 0 Å². The van der Waals surface area contributed by atoms with Crippen molar-refractivity contribution >= 4 is 14.8 Å². The number of primary amides is 1. The molecule has 0 aromatic rings. The number of rotatable bonds is 9. The van der Waals surface area contributed by atoms with Gasteiger partial charge in [-0.05, 0) is 27.2 Å². The van der Waals surface area contributed by atoms with Gasteiger partial charge in [-0.1, -0.05) is 6.92 Å². The van der Waals surface area contributed by atoms with Gasteiger partial charge in [0, 0.05) is 19.8 Å². The number of hydrogen-bond acceptors (Lipinski definition) is 4. The fourth-order valence-electron chi connectivity index (χ4n) is 1.64. The average molecular weight is 264 g/mol. The molecule has 6 nitrogen and oxygen atoms in total. The van der Waals surface area contributed by atoms with Crippen molar-refractivity contribution in [3.63, 3.8) is 0 Å². The first-order valence-corrected chi connectivity index (χ1v) is 7.84. The first-order valence-electron chi connectivity index (χ1n) is 6.04. The van der Waals surface area contributed by atoms with Gasteiger partial charge in [-0.25, -0.2) is 4.79 Å². The molecule has 0 aromatic carbocycles. The second-order valence-electron chi connectivity index (χ2n) is 3.37. The van der Waals surface area contributed by atoms with Crippen LogP contribution in [0.1, 0.15) is 34.1 Å². The van der Waals surface area contributed by atoms with Gasteiger partial charge in [0.1, 0.15) is 5.67 Å². The molecular formula is C10H24N2O4Si. The summed E-state index contributed by atoms with van der Waals surface area (Å²) in [6.07, 6.45) is 0.648. The zero-order valence-electron chi connectivity index (χ0n) is 11.1. The van der Waals surface area contributed by atoms with E-state index in [4.69, 9.17) is 19.0 Å². The highest BCUT2D eigenvalue weighted by Gasteiger charge is 2.49. The van der Waals surface area contributed by atoms with E-state index in [9.17, 15) is 4.79 Å². The number of amides is 2. The molecule has 0 rings (SSSR count). The second kappa shape index (κ2) is 8.46. The molecule has 0 radical (unpaired) electrons. The van der Waals surface area contributed by atoms with E-state index in [-0.39, 0.29) is 5.67 Å². The molecule has 0 aromatic heterocycles. The van der Waals surface area contributed by atoms with Crippen LogP contribution in [-0.4, -0.2) is 40.3 Å². The molecule has 0 saturated heterocycles. The normalized spacial score (nSPS) is 13.4. The first kappa shape index (κ1) is 16.4. The van der Waals surface area contributed by atoms with Gasteiger partial charge >= 0.3 is 14.8 Å². The Morgan fingerprint density at radius 3 is 1.76 bits per heavy atom. The molecule has 0 aliphatic rings. The van der Waals surface area contributed by atoms with Crippen molar-refractivity contribution in [3.8, 4) is 0 Å². The summed E-state index contributed by atoms with van der Waals surface area (Å²) in [6.45, 7) is 8.97. The van der Waals surface area contributed by atoms with Crippen molar-refractivity contribution in [3.05, 3.63) is 0 Å². The van der Waals surface area contributed by atoms with Crippen LogP contribution in [0.3, 0.4) is 0 Å². The minimum Gasteiger partial charge on any atom is -0.373 e. The Morgan fingerprint density at radius 1 is 1.12 bits per heavy atom. The highest BCUT2D eigenvalue weighted by Crippen LogP contribution is 2.17. The Bertz CT molecular complexity index is 211. The van der Waals surface area contributed by atoms with E-state index < -0.39 is 14.8 Å². The minimum absolute atomic E-state index is 0.306. The Kier molecular flexibility index (Phi) is 8.14. The van der Waals surface area contributed by atoms with E-state index in [1.807, 2.05) is 27.7 Å². The van der Waals surface area contributed by atoms with Gasteiger partial charge in [0.15, 0.2) is 0 Å². The molecule has 7 heteroatoms. The van der Waals surface area contributed by atoms with Crippen LogP contribution in [0.2, 0.25) is 0 Å². The molecule has 0 heterocycles. The molecule has 0 fully saturated rings. The van der Waals surface area contributed by atoms with Gasteiger partial charge in [-0.15, -0.1) is 0 Å². The minimum atomic E-state index is -2.90. The van der Waals surface area contributed by atoms with Crippen LogP contribution in [0.25, 0.3) is 0 Å². The lowest BCUT2D eigenvalue weighted by molar-refractivity contribution is 0.0585. The topological polar surface area (TPSA) is 82.8 Å². The van der Waals surface area contributed by atoms with E-state index in [1.54, 1.807) is 0 Å². The predicted octanol–water partition coefficient (Wildman–Crippen LogP) is 1.02. The van der Waals surface area contributed by atoms with Crippen LogP contribution in [0.15, 0.2) is 0 Å². The third kappa shape index (κ3) is 5.03. The monoisotopic (exact) mass is 264 g/mol. The Labute approximate surface area is 104 Å². The fourth-order valence-corrected chi connectivity index (χ4v) is 4.52. The summed E-state index contributed by atoms with van der Waals surface area (Å²) in [4.78, 5) is 11.0. The Balaban J connectivity index is 4.96. The van der Waals surface area contributed by atoms with Crippen LogP contribution in [-0.2, 0) is 13.3 Å². The standard InChI is InChI=1S/C10H24N2O4Si/c1-5-9(12-10(11)13)17(14-6-2,15-7-3)16-8-4/h9H,5-8H2,1-4H3,(H3,11,12,13)/t9-/m0/s1. The highest BCUT2D eigenvalue weighted by molar-refractivity contribution is 6.62. The van der Waals surface area contributed by atoms with Crippen LogP contribution >= 0.6 is 0 Å². The maximum Gasteiger partial charge on any atom is 0.524 e. The van der Waals surface area contributed by atoms with E-state index in [1.165, 1.54) is 0 Å². The van der Waals surface area contributed by atoms with Crippen LogP contribution < -0.4 is 11.1 Å². The van der Waals surface area contributed by atoms with E-state index in [0.717, 1.165) is 0 Å². The molecule has 102 valence electrons. The van der Waals surface area contributed by atoms with Crippen molar-refractivity contribution in [2.45, 2.75) is 39.8 Å². The highest BCUT2D eigenvalue weighted by atomic mass is 28.4. The van der Waals surface area contributed by atoms with Crippen molar-refractivity contribution in [1.29, 1.82) is 0 Å². The van der Waals surface area contributed by atoms with E-state index in [2.05, 4.69) is 5.32 Å². The fraction of sp³-hybridized carbons (Fsp3) is 0.900. The number of carbonyl (C=O) groups is 1. The molecular weight excluding hydrogens is 240 g/mol. The quantitative estimate of drug-likeness (QED) is 0.609. The smallest absolute Gasteiger partial charge is 0.373 e. The summed E-state index contributed by atoms with van der Waals surface area (Å²) in [7, 11) is -2.90. The molecule has 0 aliphatic heterocycles. The summed E-state index contributed by atoms with van der Waals surface area (Å²) < 4.78 is 17.1. The SMILES string of the molecule is CCO[Si](OCC)(OCC)[C@@H](CC)NC(N)=O. The van der Waals surface area contributed by atoms with Crippen LogP contribution in [0.4, 0.5) is 4.79 Å². The van der Waals surface area contributed by atoms with Crippen molar-refractivity contribution in [2.24, 2.45) is 5.73 Å². The van der Waals surface area contributed by atoms with Crippen molar-refractivity contribution < 1.29 is 18.1 Å². The van der Waals surface area contributed by atoms with Gasteiger partial charge in [0.2, 0.25) is 0 Å². The molecule has 0 bridgehead atoms.